The highest BCUT2D eigenvalue weighted by Gasteiger charge is 2.12. The molecule has 0 atom stereocenters. The van der Waals surface area contributed by atoms with Crippen LogP contribution in [0.4, 0.5) is 13.2 Å². The van der Waals surface area contributed by atoms with Crippen molar-refractivity contribution in [2.24, 2.45) is 0 Å². The topological polar surface area (TPSA) is 32.9 Å². The maximum absolute atomic E-state index is 13.5. The Morgan fingerprint density at radius 1 is 0.955 bits per heavy atom. The third kappa shape index (κ3) is 2.88. The number of aromatic amines is 1. The van der Waals surface area contributed by atoms with E-state index < -0.39 is 11.6 Å². The quantitative estimate of drug-likeness (QED) is 0.712. The van der Waals surface area contributed by atoms with Gasteiger partial charge < -0.3 is 4.98 Å². The predicted molar refractivity (Wildman–Crippen MR) is 77.3 cm³/mol. The summed E-state index contributed by atoms with van der Waals surface area (Å²) in [5, 5.41) is 0.597. The van der Waals surface area contributed by atoms with Gasteiger partial charge in [0, 0.05) is 17.3 Å². The number of halogens is 3. The van der Waals surface area contributed by atoms with Crippen LogP contribution in [0.15, 0.2) is 42.5 Å². The van der Waals surface area contributed by atoms with E-state index in [0.717, 1.165) is 18.2 Å². The minimum absolute atomic E-state index is 0.0374. The molecule has 0 aliphatic rings. The maximum atomic E-state index is 13.5. The number of ketones is 1. The van der Waals surface area contributed by atoms with E-state index in [9.17, 15) is 18.0 Å². The van der Waals surface area contributed by atoms with Gasteiger partial charge in [0.15, 0.2) is 5.78 Å². The number of fused-ring (bicyclic) bond motifs is 1. The number of nitrogens with one attached hydrogen (secondary N) is 1. The molecular formula is C17H12F3NO. The minimum Gasteiger partial charge on any atom is -0.352 e. The van der Waals surface area contributed by atoms with Crippen molar-refractivity contribution in [2.75, 3.05) is 0 Å². The molecule has 1 N–H and O–H groups in total. The fourth-order valence-corrected chi connectivity index (χ4v) is 2.37. The van der Waals surface area contributed by atoms with Crippen LogP contribution in [0.3, 0.4) is 0 Å². The number of carbonyl (C=O) groups is 1. The van der Waals surface area contributed by atoms with Crippen LogP contribution in [0.25, 0.3) is 10.9 Å². The lowest BCUT2D eigenvalue weighted by Gasteiger charge is -2.02. The van der Waals surface area contributed by atoms with Crippen LogP contribution < -0.4 is 0 Å². The molecule has 0 aliphatic carbocycles. The average Bonchev–Trinajstić information content (AvgIpc) is 2.91. The second-order valence-electron chi connectivity index (χ2n) is 5.07. The fraction of sp³-hybridized carbons (Fsp3) is 0.118. The number of hydrogen-bond donors (Lipinski definition) is 1. The molecule has 1 heterocycles. The van der Waals surface area contributed by atoms with E-state index >= 15 is 0 Å². The smallest absolute Gasteiger partial charge is 0.179 e. The van der Waals surface area contributed by atoms with Crippen molar-refractivity contribution in [1.82, 2.24) is 4.98 Å². The van der Waals surface area contributed by atoms with Gasteiger partial charge in [-0.05, 0) is 54.4 Å². The van der Waals surface area contributed by atoms with E-state index in [0.29, 0.717) is 16.6 Å². The number of benzene rings is 2. The van der Waals surface area contributed by atoms with Gasteiger partial charge >= 0.3 is 0 Å². The van der Waals surface area contributed by atoms with E-state index in [-0.39, 0.29) is 30.0 Å². The molecule has 5 heteroatoms. The van der Waals surface area contributed by atoms with Crippen molar-refractivity contribution in [2.45, 2.75) is 12.8 Å². The summed E-state index contributed by atoms with van der Waals surface area (Å²) in [5.41, 5.74) is 1.15. The number of aryl methyl sites for hydroxylation is 1. The van der Waals surface area contributed by atoms with E-state index in [4.69, 9.17) is 0 Å². The van der Waals surface area contributed by atoms with Crippen molar-refractivity contribution < 1.29 is 18.0 Å². The molecule has 0 spiro atoms. The highest BCUT2D eigenvalue weighted by Crippen LogP contribution is 2.19. The van der Waals surface area contributed by atoms with Crippen molar-refractivity contribution in [1.29, 1.82) is 0 Å². The lowest BCUT2D eigenvalue weighted by molar-refractivity contribution is 0.0978. The predicted octanol–water partition coefficient (Wildman–Crippen LogP) is 4.40. The summed E-state index contributed by atoms with van der Waals surface area (Å²) in [7, 11) is 0. The number of aromatic nitrogens is 1. The molecule has 3 rings (SSSR count). The SMILES string of the molecule is O=C(CCc1cc(F)ccc1F)c1cc2cc(F)ccc2[nH]1. The molecule has 0 unspecified atom stereocenters. The van der Waals surface area contributed by atoms with Crippen molar-refractivity contribution in [3.63, 3.8) is 0 Å². The first-order chi connectivity index (χ1) is 10.5. The number of carbonyl (C=O) groups excluding carboxylic acids is 1. The van der Waals surface area contributed by atoms with Gasteiger partial charge in [0.2, 0.25) is 0 Å². The van der Waals surface area contributed by atoms with E-state index in [1.165, 1.54) is 12.1 Å². The zero-order valence-electron chi connectivity index (χ0n) is 11.5. The van der Waals surface area contributed by atoms with Crippen molar-refractivity contribution >= 4 is 16.7 Å². The Bertz CT molecular complexity index is 854. The Kier molecular flexibility index (Phi) is 3.71. The van der Waals surface area contributed by atoms with Gasteiger partial charge in [-0.1, -0.05) is 0 Å². The van der Waals surface area contributed by atoms with E-state index in [2.05, 4.69) is 4.98 Å². The summed E-state index contributed by atoms with van der Waals surface area (Å²) in [6.07, 6.45) is 0.141. The first kappa shape index (κ1) is 14.4. The largest absolute Gasteiger partial charge is 0.352 e. The summed E-state index contributed by atoms with van der Waals surface area (Å²) >= 11 is 0. The molecule has 2 aromatic carbocycles. The molecule has 0 amide bonds. The lowest BCUT2D eigenvalue weighted by Crippen LogP contribution is -2.03. The average molecular weight is 303 g/mol. The standard InChI is InChI=1S/C17H12F3NO/c18-12-2-4-14(20)10(7-12)1-6-17(22)16-9-11-8-13(19)3-5-15(11)21-16/h2-5,7-9,21H,1,6H2. The Morgan fingerprint density at radius 3 is 2.50 bits per heavy atom. The Labute approximate surface area is 124 Å². The number of rotatable bonds is 4. The highest BCUT2D eigenvalue weighted by molar-refractivity contribution is 5.99. The molecule has 1 aromatic heterocycles. The Morgan fingerprint density at radius 2 is 1.68 bits per heavy atom. The molecule has 22 heavy (non-hydrogen) atoms. The Balaban J connectivity index is 1.77. The third-order valence-corrected chi connectivity index (χ3v) is 3.51. The lowest BCUT2D eigenvalue weighted by atomic mass is 10.1. The van der Waals surface area contributed by atoms with Gasteiger partial charge in [-0.2, -0.15) is 0 Å². The highest BCUT2D eigenvalue weighted by atomic mass is 19.1. The van der Waals surface area contributed by atoms with Crippen molar-refractivity contribution in [3.05, 3.63) is 71.2 Å². The number of Topliss-reactive ketones (excluding diaryl/α,β-unsaturated/α-hetero) is 1. The Hall–Kier alpha value is -2.56. The molecule has 0 bridgehead atoms. The van der Waals surface area contributed by atoms with Crippen LogP contribution in [0.1, 0.15) is 22.5 Å². The first-order valence-corrected chi connectivity index (χ1v) is 6.78. The summed E-state index contributed by atoms with van der Waals surface area (Å²) in [6.45, 7) is 0. The molecule has 0 radical (unpaired) electrons. The zero-order valence-corrected chi connectivity index (χ0v) is 11.5. The molecular weight excluding hydrogens is 291 g/mol. The van der Waals surface area contributed by atoms with Crippen molar-refractivity contribution in [3.8, 4) is 0 Å². The minimum atomic E-state index is -0.537. The summed E-state index contributed by atoms with van der Waals surface area (Å²) in [5.74, 6) is -1.69. The van der Waals surface area contributed by atoms with Crippen LogP contribution in [0.2, 0.25) is 0 Å². The zero-order chi connectivity index (χ0) is 15.7. The molecule has 3 aromatic rings. The molecule has 0 aliphatic heterocycles. The van der Waals surface area contributed by atoms with Crippen LogP contribution in [-0.2, 0) is 6.42 Å². The second-order valence-corrected chi connectivity index (χ2v) is 5.07. The van der Waals surface area contributed by atoms with Gasteiger partial charge in [-0.3, -0.25) is 4.79 Å². The molecule has 2 nitrogen and oxygen atoms in total. The van der Waals surface area contributed by atoms with E-state index in [1.54, 1.807) is 12.1 Å². The fourth-order valence-electron chi connectivity index (χ4n) is 2.37. The van der Waals surface area contributed by atoms with Gasteiger partial charge in [-0.25, -0.2) is 13.2 Å². The van der Waals surface area contributed by atoms with Gasteiger partial charge in [0.1, 0.15) is 17.5 Å². The molecule has 112 valence electrons. The van der Waals surface area contributed by atoms with E-state index in [1.807, 2.05) is 0 Å². The maximum Gasteiger partial charge on any atom is 0.179 e. The molecule has 0 fully saturated rings. The van der Waals surface area contributed by atoms with Crippen LogP contribution in [-0.4, -0.2) is 10.8 Å². The summed E-state index contributed by atoms with van der Waals surface area (Å²) in [6, 6.07) is 8.90. The normalized spacial score (nSPS) is 11.0. The van der Waals surface area contributed by atoms with Crippen LogP contribution >= 0.6 is 0 Å². The second kappa shape index (κ2) is 5.67. The van der Waals surface area contributed by atoms with Crippen LogP contribution in [0, 0.1) is 17.5 Å². The summed E-state index contributed by atoms with van der Waals surface area (Å²) in [4.78, 5) is 15.0. The van der Waals surface area contributed by atoms with Gasteiger partial charge in [0.25, 0.3) is 0 Å². The first-order valence-electron chi connectivity index (χ1n) is 6.78. The molecule has 0 saturated heterocycles. The number of hydrogen-bond acceptors (Lipinski definition) is 1. The monoisotopic (exact) mass is 303 g/mol. The van der Waals surface area contributed by atoms with Gasteiger partial charge in [0.05, 0.1) is 5.69 Å². The molecule has 0 saturated carbocycles. The number of H-pyrrole nitrogens is 1. The van der Waals surface area contributed by atoms with Crippen LogP contribution in [0.5, 0.6) is 0 Å². The third-order valence-electron chi connectivity index (χ3n) is 3.51. The van der Waals surface area contributed by atoms with Gasteiger partial charge in [-0.15, -0.1) is 0 Å². The summed E-state index contributed by atoms with van der Waals surface area (Å²) < 4.78 is 39.7.